The van der Waals surface area contributed by atoms with E-state index in [1.807, 2.05) is 58.2 Å². The van der Waals surface area contributed by atoms with Crippen LogP contribution in [0.25, 0.3) is 0 Å². The van der Waals surface area contributed by atoms with Crippen molar-refractivity contribution in [3.05, 3.63) is 145 Å². The molecule has 43 heavy (non-hydrogen) atoms. The first-order valence-electron chi connectivity index (χ1n) is 13.9. The molecule has 0 aliphatic heterocycles. The van der Waals surface area contributed by atoms with Crippen LogP contribution in [0, 0.1) is 0 Å². The molecule has 0 aliphatic carbocycles. The van der Waals surface area contributed by atoms with Crippen LogP contribution in [-0.2, 0) is 17.8 Å². The van der Waals surface area contributed by atoms with E-state index in [0.717, 1.165) is 22.3 Å². The Hall–Kier alpha value is -5.42. The summed E-state index contributed by atoms with van der Waals surface area (Å²) in [6.45, 7) is 1.84. The van der Waals surface area contributed by atoms with Crippen LogP contribution in [-0.4, -0.2) is 52.7 Å². The van der Waals surface area contributed by atoms with Crippen molar-refractivity contribution in [2.45, 2.75) is 25.3 Å². The Bertz CT molecular complexity index is 1510. The summed E-state index contributed by atoms with van der Waals surface area (Å²) in [7, 11) is 0. The summed E-state index contributed by atoms with van der Waals surface area (Å²) in [6.07, 6.45) is 13.1. The standard InChI is InChI=1S/C32H30N8O3/c1-13-33-31(34-14-1)42-29(27-9-5-25(6-10-27)21-39-19-3-17-37-39)23-41-24-30(43-32-35-15-2-16-36-32)28-11-7-26(8-12-28)22-40-20-4-18-38-40/h1-20,29-30H,21-24H2. The Morgan fingerprint density at radius 1 is 0.512 bits per heavy atom. The highest BCUT2D eigenvalue weighted by molar-refractivity contribution is 5.26. The van der Waals surface area contributed by atoms with Crippen LogP contribution in [0.15, 0.2) is 122 Å². The molecule has 6 aromatic rings. The van der Waals surface area contributed by atoms with Crippen LogP contribution in [0.1, 0.15) is 34.5 Å². The Kier molecular flexibility index (Phi) is 9.01. The van der Waals surface area contributed by atoms with E-state index in [1.54, 1.807) is 49.3 Å². The zero-order valence-corrected chi connectivity index (χ0v) is 23.3. The fourth-order valence-electron chi connectivity index (χ4n) is 4.46. The SMILES string of the molecule is c1cnc(OC(COCC(Oc2ncccn2)c2ccc(Cn3cccn3)cc2)c2ccc(Cn3cccn3)cc2)nc1. The third-order valence-corrected chi connectivity index (χ3v) is 6.63. The first kappa shape index (κ1) is 27.7. The van der Waals surface area contributed by atoms with E-state index in [4.69, 9.17) is 14.2 Å². The maximum absolute atomic E-state index is 6.25. The molecule has 2 aromatic carbocycles. The third-order valence-electron chi connectivity index (χ3n) is 6.63. The van der Waals surface area contributed by atoms with E-state index in [2.05, 4.69) is 54.4 Å². The van der Waals surface area contributed by atoms with Gasteiger partial charge in [-0.3, -0.25) is 9.36 Å². The second kappa shape index (κ2) is 14.0. The summed E-state index contributed by atoms with van der Waals surface area (Å²) in [5.74, 6) is 0. The highest BCUT2D eigenvalue weighted by Gasteiger charge is 2.20. The maximum atomic E-state index is 6.25. The monoisotopic (exact) mass is 574 g/mol. The Morgan fingerprint density at radius 3 is 1.30 bits per heavy atom. The molecule has 2 unspecified atom stereocenters. The highest BCUT2D eigenvalue weighted by Crippen LogP contribution is 2.24. The van der Waals surface area contributed by atoms with E-state index < -0.39 is 12.2 Å². The molecule has 0 bridgehead atoms. The molecule has 0 fully saturated rings. The number of rotatable bonds is 14. The fraction of sp³-hybridized carbons (Fsp3) is 0.188. The molecule has 0 N–H and O–H groups in total. The summed E-state index contributed by atoms with van der Waals surface area (Å²) in [6, 6.07) is 24.2. The average Bonchev–Trinajstić information content (AvgIpc) is 3.77. The molecule has 4 aromatic heterocycles. The number of benzene rings is 2. The summed E-state index contributed by atoms with van der Waals surface area (Å²) >= 11 is 0. The highest BCUT2D eigenvalue weighted by atomic mass is 16.6. The molecule has 216 valence electrons. The van der Waals surface area contributed by atoms with Gasteiger partial charge in [0.05, 0.1) is 26.3 Å². The van der Waals surface area contributed by atoms with Crippen molar-refractivity contribution in [1.82, 2.24) is 39.5 Å². The molecule has 11 heteroatoms. The van der Waals surface area contributed by atoms with Crippen molar-refractivity contribution in [2.75, 3.05) is 13.2 Å². The lowest BCUT2D eigenvalue weighted by Gasteiger charge is -2.22. The predicted octanol–water partition coefficient (Wildman–Crippen LogP) is 4.71. The topological polar surface area (TPSA) is 115 Å². The van der Waals surface area contributed by atoms with Crippen LogP contribution in [0.3, 0.4) is 0 Å². The van der Waals surface area contributed by atoms with E-state index in [9.17, 15) is 0 Å². The van der Waals surface area contributed by atoms with Gasteiger partial charge in [-0.05, 0) is 46.5 Å². The van der Waals surface area contributed by atoms with Gasteiger partial charge in [0, 0.05) is 49.6 Å². The molecule has 0 saturated heterocycles. The molecule has 0 amide bonds. The van der Waals surface area contributed by atoms with Gasteiger partial charge >= 0.3 is 12.0 Å². The smallest absolute Gasteiger partial charge is 0.316 e. The minimum absolute atomic E-state index is 0.240. The Morgan fingerprint density at radius 2 is 0.930 bits per heavy atom. The summed E-state index contributed by atoms with van der Waals surface area (Å²) < 4.78 is 22.4. The van der Waals surface area contributed by atoms with Gasteiger partial charge < -0.3 is 14.2 Å². The van der Waals surface area contributed by atoms with Crippen molar-refractivity contribution in [1.29, 1.82) is 0 Å². The quantitative estimate of drug-likeness (QED) is 0.182. The molecular formula is C32H30N8O3. The number of nitrogens with zero attached hydrogens (tertiary/aromatic N) is 8. The molecular weight excluding hydrogens is 544 g/mol. The summed E-state index contributed by atoms with van der Waals surface area (Å²) in [5, 5.41) is 8.58. The van der Waals surface area contributed by atoms with Crippen molar-refractivity contribution >= 4 is 0 Å². The van der Waals surface area contributed by atoms with Gasteiger partial charge in [0.1, 0.15) is 0 Å². The largest absolute Gasteiger partial charge is 0.453 e. The second-order valence-corrected chi connectivity index (χ2v) is 9.70. The van der Waals surface area contributed by atoms with Crippen molar-refractivity contribution in [3.8, 4) is 12.0 Å². The minimum atomic E-state index is -0.453. The molecule has 6 rings (SSSR count). The summed E-state index contributed by atoms with van der Waals surface area (Å²) in [4.78, 5) is 17.0. The van der Waals surface area contributed by atoms with Crippen molar-refractivity contribution < 1.29 is 14.2 Å². The average molecular weight is 575 g/mol. The lowest BCUT2D eigenvalue weighted by Crippen LogP contribution is -2.21. The molecule has 4 heterocycles. The van der Waals surface area contributed by atoms with Gasteiger partial charge in [-0.1, -0.05) is 48.5 Å². The van der Waals surface area contributed by atoms with Crippen LogP contribution < -0.4 is 9.47 Å². The number of hydrogen-bond acceptors (Lipinski definition) is 9. The maximum Gasteiger partial charge on any atom is 0.316 e. The number of aromatic nitrogens is 8. The van der Waals surface area contributed by atoms with Gasteiger partial charge in [-0.2, -0.15) is 10.2 Å². The van der Waals surface area contributed by atoms with E-state index in [1.165, 1.54) is 0 Å². The Labute approximate surface area is 248 Å². The van der Waals surface area contributed by atoms with Gasteiger partial charge in [0.15, 0.2) is 12.2 Å². The van der Waals surface area contributed by atoms with Crippen LogP contribution in [0.5, 0.6) is 12.0 Å². The zero-order chi connectivity index (χ0) is 29.1. The Balaban J connectivity index is 1.16. The van der Waals surface area contributed by atoms with E-state index in [0.29, 0.717) is 13.1 Å². The minimum Gasteiger partial charge on any atom is -0.453 e. The lowest BCUT2D eigenvalue weighted by molar-refractivity contribution is 0.00176. The third kappa shape index (κ3) is 7.86. The normalized spacial score (nSPS) is 12.5. The van der Waals surface area contributed by atoms with Crippen LogP contribution >= 0.6 is 0 Å². The van der Waals surface area contributed by atoms with Crippen LogP contribution in [0.2, 0.25) is 0 Å². The second-order valence-electron chi connectivity index (χ2n) is 9.70. The molecule has 0 radical (unpaired) electrons. The van der Waals surface area contributed by atoms with Gasteiger partial charge in [0.25, 0.3) is 0 Å². The molecule has 0 spiro atoms. The van der Waals surface area contributed by atoms with Crippen LogP contribution in [0.4, 0.5) is 0 Å². The fourth-order valence-corrected chi connectivity index (χ4v) is 4.46. The molecule has 0 saturated carbocycles. The number of hydrogen-bond donors (Lipinski definition) is 0. The van der Waals surface area contributed by atoms with E-state index in [-0.39, 0.29) is 25.2 Å². The first-order valence-corrected chi connectivity index (χ1v) is 13.9. The lowest BCUT2D eigenvalue weighted by atomic mass is 10.1. The summed E-state index contributed by atoms with van der Waals surface area (Å²) in [5.41, 5.74) is 4.11. The van der Waals surface area contributed by atoms with Crippen molar-refractivity contribution in [3.63, 3.8) is 0 Å². The van der Waals surface area contributed by atoms with Gasteiger partial charge in [-0.15, -0.1) is 0 Å². The molecule has 2 atom stereocenters. The predicted molar refractivity (Wildman–Crippen MR) is 157 cm³/mol. The van der Waals surface area contributed by atoms with Crippen molar-refractivity contribution in [2.24, 2.45) is 0 Å². The molecule has 0 aliphatic rings. The zero-order valence-electron chi connectivity index (χ0n) is 23.3. The molecule has 11 nitrogen and oxygen atoms in total. The van der Waals surface area contributed by atoms with Gasteiger partial charge in [0.2, 0.25) is 0 Å². The number of ether oxygens (including phenoxy) is 3. The first-order chi connectivity index (χ1) is 21.3. The van der Waals surface area contributed by atoms with E-state index >= 15 is 0 Å². The van der Waals surface area contributed by atoms with Gasteiger partial charge in [-0.25, -0.2) is 19.9 Å².